The molecule has 64 valence electrons. The van der Waals surface area contributed by atoms with Crippen LogP contribution in [0.5, 0.6) is 0 Å². The minimum absolute atomic E-state index is 0.631. The van der Waals surface area contributed by atoms with E-state index in [4.69, 9.17) is 0 Å². The van der Waals surface area contributed by atoms with Gasteiger partial charge in [-0.25, -0.2) is 0 Å². The molecule has 0 saturated carbocycles. The summed E-state index contributed by atoms with van der Waals surface area (Å²) < 4.78 is 0. The van der Waals surface area contributed by atoms with Crippen molar-refractivity contribution in [3.63, 3.8) is 0 Å². The standard InChI is InChI=1S/C11H15N/c1-8(2)10-5-3-4-9-6-7-12-11(9)10/h3,5-9,12H,4H2,1-2H3. The van der Waals surface area contributed by atoms with E-state index in [1.165, 1.54) is 11.3 Å². The van der Waals surface area contributed by atoms with Crippen LogP contribution in [0.15, 0.2) is 35.7 Å². The predicted molar refractivity (Wildman–Crippen MR) is 51.4 cm³/mol. The van der Waals surface area contributed by atoms with E-state index in [-0.39, 0.29) is 0 Å². The van der Waals surface area contributed by atoms with Crippen LogP contribution in [0, 0.1) is 11.8 Å². The molecular weight excluding hydrogens is 146 g/mol. The smallest absolute Gasteiger partial charge is 0.0255 e. The Morgan fingerprint density at radius 1 is 1.50 bits per heavy atom. The van der Waals surface area contributed by atoms with Crippen molar-refractivity contribution in [2.24, 2.45) is 11.8 Å². The monoisotopic (exact) mass is 161 g/mol. The highest BCUT2D eigenvalue weighted by Crippen LogP contribution is 2.31. The molecule has 1 aliphatic carbocycles. The third-order valence-electron chi connectivity index (χ3n) is 2.56. The van der Waals surface area contributed by atoms with E-state index < -0.39 is 0 Å². The molecule has 0 aromatic rings. The lowest BCUT2D eigenvalue weighted by Crippen LogP contribution is -2.14. The molecule has 12 heavy (non-hydrogen) atoms. The van der Waals surface area contributed by atoms with Gasteiger partial charge in [0.15, 0.2) is 0 Å². The van der Waals surface area contributed by atoms with Crippen LogP contribution in [0.4, 0.5) is 0 Å². The van der Waals surface area contributed by atoms with Crippen molar-refractivity contribution in [3.8, 4) is 0 Å². The Labute approximate surface area is 73.9 Å². The lowest BCUT2D eigenvalue weighted by Gasteiger charge is -2.20. The molecule has 1 atom stereocenters. The molecule has 1 unspecified atom stereocenters. The average molecular weight is 161 g/mol. The van der Waals surface area contributed by atoms with Crippen molar-refractivity contribution < 1.29 is 0 Å². The second-order valence-corrected chi connectivity index (χ2v) is 3.77. The van der Waals surface area contributed by atoms with E-state index >= 15 is 0 Å². The Bertz CT molecular complexity index is 269. The average Bonchev–Trinajstić information content (AvgIpc) is 2.49. The van der Waals surface area contributed by atoms with Crippen LogP contribution in [-0.4, -0.2) is 0 Å². The highest BCUT2D eigenvalue weighted by molar-refractivity contribution is 5.37. The number of fused-ring (bicyclic) bond motifs is 1. The van der Waals surface area contributed by atoms with E-state index in [2.05, 4.69) is 43.6 Å². The van der Waals surface area contributed by atoms with Gasteiger partial charge in [0.2, 0.25) is 0 Å². The fraction of sp³-hybridized carbons (Fsp3) is 0.455. The van der Waals surface area contributed by atoms with Crippen molar-refractivity contribution in [3.05, 3.63) is 35.7 Å². The molecule has 0 aromatic heterocycles. The number of nitrogens with one attached hydrogen (secondary N) is 1. The summed E-state index contributed by atoms with van der Waals surface area (Å²) in [7, 11) is 0. The van der Waals surface area contributed by atoms with Gasteiger partial charge in [-0.2, -0.15) is 0 Å². The molecule has 0 amide bonds. The van der Waals surface area contributed by atoms with Crippen molar-refractivity contribution in [2.45, 2.75) is 20.3 Å². The van der Waals surface area contributed by atoms with Gasteiger partial charge in [-0.1, -0.05) is 32.1 Å². The van der Waals surface area contributed by atoms with Crippen molar-refractivity contribution in [2.75, 3.05) is 0 Å². The number of hydrogen-bond acceptors (Lipinski definition) is 1. The summed E-state index contributed by atoms with van der Waals surface area (Å²) in [5.74, 6) is 1.26. The van der Waals surface area contributed by atoms with Gasteiger partial charge in [0.25, 0.3) is 0 Å². The molecule has 0 spiro atoms. The molecule has 0 aromatic carbocycles. The van der Waals surface area contributed by atoms with E-state index in [0.29, 0.717) is 11.8 Å². The SMILES string of the molecule is CC(C)C1=C2NC=CC2CC=C1. The maximum atomic E-state index is 3.34. The third kappa shape index (κ3) is 1.09. The zero-order chi connectivity index (χ0) is 8.55. The van der Waals surface area contributed by atoms with Gasteiger partial charge in [0.05, 0.1) is 0 Å². The second kappa shape index (κ2) is 2.81. The summed E-state index contributed by atoms with van der Waals surface area (Å²) in [5, 5.41) is 3.34. The quantitative estimate of drug-likeness (QED) is 0.623. The highest BCUT2D eigenvalue weighted by atomic mass is 14.9. The molecule has 0 radical (unpaired) electrons. The largest absolute Gasteiger partial charge is 0.365 e. The molecule has 1 heterocycles. The first-order chi connectivity index (χ1) is 5.79. The van der Waals surface area contributed by atoms with Crippen LogP contribution in [-0.2, 0) is 0 Å². The molecular formula is C11H15N. The van der Waals surface area contributed by atoms with Gasteiger partial charge in [0.1, 0.15) is 0 Å². The Morgan fingerprint density at radius 2 is 2.33 bits per heavy atom. The van der Waals surface area contributed by atoms with E-state index in [1.807, 2.05) is 0 Å². The summed E-state index contributed by atoms with van der Waals surface area (Å²) in [6, 6.07) is 0. The van der Waals surface area contributed by atoms with E-state index in [9.17, 15) is 0 Å². The van der Waals surface area contributed by atoms with Crippen molar-refractivity contribution in [1.29, 1.82) is 0 Å². The molecule has 1 N–H and O–H groups in total. The third-order valence-corrected chi connectivity index (χ3v) is 2.56. The Morgan fingerprint density at radius 3 is 3.08 bits per heavy atom. The van der Waals surface area contributed by atoms with Crippen LogP contribution in [0.25, 0.3) is 0 Å². The number of hydrogen-bond donors (Lipinski definition) is 1. The summed E-state index contributed by atoms with van der Waals surface area (Å²) >= 11 is 0. The first-order valence-corrected chi connectivity index (χ1v) is 4.63. The fourth-order valence-corrected chi connectivity index (χ4v) is 1.89. The first-order valence-electron chi connectivity index (χ1n) is 4.63. The summed E-state index contributed by atoms with van der Waals surface area (Å²) in [6.45, 7) is 4.49. The first kappa shape index (κ1) is 7.66. The van der Waals surface area contributed by atoms with Crippen LogP contribution < -0.4 is 5.32 Å². The second-order valence-electron chi connectivity index (χ2n) is 3.77. The Kier molecular flexibility index (Phi) is 1.80. The van der Waals surface area contributed by atoms with Crippen LogP contribution in [0.2, 0.25) is 0 Å². The zero-order valence-electron chi connectivity index (χ0n) is 7.67. The maximum Gasteiger partial charge on any atom is 0.0255 e. The van der Waals surface area contributed by atoms with Gasteiger partial charge in [0, 0.05) is 11.6 Å². The van der Waals surface area contributed by atoms with Gasteiger partial charge < -0.3 is 5.32 Å². The highest BCUT2D eigenvalue weighted by Gasteiger charge is 2.21. The van der Waals surface area contributed by atoms with E-state index in [0.717, 1.165) is 6.42 Å². The zero-order valence-corrected chi connectivity index (χ0v) is 7.67. The Balaban J connectivity index is 2.34. The molecule has 1 nitrogen and oxygen atoms in total. The number of allylic oxidation sites excluding steroid dienone is 4. The molecule has 0 bridgehead atoms. The fourth-order valence-electron chi connectivity index (χ4n) is 1.89. The minimum Gasteiger partial charge on any atom is -0.365 e. The lowest BCUT2D eigenvalue weighted by molar-refractivity contribution is 0.682. The lowest BCUT2D eigenvalue weighted by atomic mass is 9.88. The molecule has 0 saturated heterocycles. The predicted octanol–water partition coefficient (Wildman–Crippen LogP) is 2.59. The van der Waals surface area contributed by atoms with Crippen LogP contribution in [0.1, 0.15) is 20.3 Å². The maximum absolute atomic E-state index is 3.34. The Hall–Kier alpha value is -0.980. The van der Waals surface area contributed by atoms with Gasteiger partial charge in [-0.05, 0) is 24.1 Å². The van der Waals surface area contributed by atoms with Gasteiger partial charge in [-0.3, -0.25) is 0 Å². The molecule has 0 fully saturated rings. The number of rotatable bonds is 1. The molecule has 2 rings (SSSR count). The minimum atomic E-state index is 0.631. The molecule has 1 heteroatoms. The van der Waals surface area contributed by atoms with Crippen molar-refractivity contribution in [1.82, 2.24) is 5.32 Å². The topological polar surface area (TPSA) is 12.0 Å². The normalized spacial score (nSPS) is 26.4. The van der Waals surface area contributed by atoms with Gasteiger partial charge in [-0.15, -0.1) is 0 Å². The summed E-state index contributed by atoms with van der Waals surface area (Å²) in [5.41, 5.74) is 2.89. The summed E-state index contributed by atoms with van der Waals surface area (Å²) in [6.07, 6.45) is 10.0. The van der Waals surface area contributed by atoms with Crippen LogP contribution >= 0.6 is 0 Å². The summed E-state index contributed by atoms with van der Waals surface area (Å²) in [4.78, 5) is 0. The molecule has 1 aliphatic heterocycles. The molecule has 2 aliphatic rings. The van der Waals surface area contributed by atoms with Crippen molar-refractivity contribution >= 4 is 0 Å². The van der Waals surface area contributed by atoms with Gasteiger partial charge >= 0.3 is 0 Å². The van der Waals surface area contributed by atoms with E-state index in [1.54, 1.807) is 0 Å². The van der Waals surface area contributed by atoms with Crippen LogP contribution in [0.3, 0.4) is 0 Å².